The molecule has 0 fully saturated rings. The van der Waals surface area contributed by atoms with Gasteiger partial charge in [0.1, 0.15) is 0 Å². The van der Waals surface area contributed by atoms with Crippen LogP contribution in [0.1, 0.15) is 15.9 Å². The highest BCUT2D eigenvalue weighted by Crippen LogP contribution is 2.34. The van der Waals surface area contributed by atoms with Gasteiger partial charge in [0.2, 0.25) is 0 Å². The number of anilines is 2. The van der Waals surface area contributed by atoms with Gasteiger partial charge in [0.25, 0.3) is 5.91 Å². The third-order valence-electron chi connectivity index (χ3n) is 4.54. The maximum absolute atomic E-state index is 13.0. The van der Waals surface area contributed by atoms with Gasteiger partial charge < -0.3 is 14.8 Å². The monoisotopic (exact) mass is 305 g/mol. The number of benzene rings is 2. The second-order valence-electron chi connectivity index (χ2n) is 6.15. The highest BCUT2D eigenvalue weighted by atomic mass is 16.2. The van der Waals surface area contributed by atoms with Crippen LogP contribution in [0.2, 0.25) is 0 Å². The zero-order valence-electron chi connectivity index (χ0n) is 13.3. The molecule has 0 unspecified atom stereocenters. The summed E-state index contributed by atoms with van der Waals surface area (Å²) in [5, 5.41) is 1.06. The van der Waals surface area contributed by atoms with Crippen LogP contribution in [0.4, 0.5) is 11.4 Å². The number of aromatic amines is 1. The molecule has 0 radical (unpaired) electrons. The first-order chi connectivity index (χ1) is 11.1. The van der Waals surface area contributed by atoms with Crippen LogP contribution in [0, 0.1) is 6.92 Å². The van der Waals surface area contributed by atoms with Crippen molar-refractivity contribution < 1.29 is 4.79 Å². The lowest BCUT2D eigenvalue weighted by atomic mass is 10.1. The number of aromatic nitrogens is 1. The van der Waals surface area contributed by atoms with E-state index in [1.165, 1.54) is 0 Å². The van der Waals surface area contributed by atoms with E-state index in [2.05, 4.69) is 42.1 Å². The number of aryl methyl sites for hydroxylation is 1. The Morgan fingerprint density at radius 3 is 2.78 bits per heavy atom. The quantitative estimate of drug-likeness (QED) is 0.746. The minimum atomic E-state index is 0.0630. The van der Waals surface area contributed by atoms with Gasteiger partial charge in [-0.25, -0.2) is 0 Å². The zero-order valence-corrected chi connectivity index (χ0v) is 13.3. The molecule has 4 rings (SSSR count). The SMILES string of the molecule is Cc1ccc2c(c1)N(C(=O)c1ccc3[nH]ccc3c1)CCN2C. The van der Waals surface area contributed by atoms with Crippen molar-refractivity contribution in [1.29, 1.82) is 0 Å². The number of carbonyl (C=O) groups excluding carboxylic acids is 1. The number of hydrogen-bond donors (Lipinski definition) is 1. The van der Waals surface area contributed by atoms with E-state index in [1.807, 2.05) is 35.4 Å². The number of rotatable bonds is 1. The van der Waals surface area contributed by atoms with Crippen LogP contribution >= 0.6 is 0 Å². The molecule has 2 aromatic carbocycles. The van der Waals surface area contributed by atoms with Gasteiger partial charge in [0.05, 0.1) is 11.4 Å². The molecule has 1 aliphatic heterocycles. The van der Waals surface area contributed by atoms with E-state index in [0.29, 0.717) is 6.54 Å². The summed E-state index contributed by atoms with van der Waals surface area (Å²) in [6.45, 7) is 3.61. The lowest BCUT2D eigenvalue weighted by Gasteiger charge is -2.36. The Balaban J connectivity index is 1.76. The minimum absolute atomic E-state index is 0.0630. The third kappa shape index (κ3) is 2.27. The number of amides is 1. The molecule has 0 saturated heterocycles. The van der Waals surface area contributed by atoms with Crippen molar-refractivity contribution >= 4 is 28.2 Å². The molecule has 4 heteroatoms. The van der Waals surface area contributed by atoms with E-state index in [4.69, 9.17) is 0 Å². The van der Waals surface area contributed by atoms with Gasteiger partial charge in [-0.3, -0.25) is 4.79 Å². The summed E-state index contributed by atoms with van der Waals surface area (Å²) >= 11 is 0. The van der Waals surface area contributed by atoms with E-state index in [-0.39, 0.29) is 5.91 Å². The Labute approximate surface area is 135 Å². The van der Waals surface area contributed by atoms with Crippen molar-refractivity contribution in [3.05, 3.63) is 59.8 Å². The molecule has 2 heterocycles. The minimum Gasteiger partial charge on any atom is -0.371 e. The Morgan fingerprint density at radius 1 is 1.04 bits per heavy atom. The second kappa shape index (κ2) is 5.16. The molecule has 1 amide bonds. The van der Waals surface area contributed by atoms with Crippen LogP contribution < -0.4 is 9.80 Å². The molecular formula is C19H19N3O. The Kier molecular flexibility index (Phi) is 3.11. The molecule has 0 aliphatic carbocycles. The van der Waals surface area contributed by atoms with Crippen molar-refractivity contribution in [2.45, 2.75) is 6.92 Å². The molecule has 3 aromatic rings. The van der Waals surface area contributed by atoms with E-state index in [1.54, 1.807) is 0 Å². The highest BCUT2D eigenvalue weighted by molar-refractivity contribution is 6.09. The Morgan fingerprint density at radius 2 is 1.91 bits per heavy atom. The van der Waals surface area contributed by atoms with Crippen LogP contribution in [0.15, 0.2) is 48.7 Å². The van der Waals surface area contributed by atoms with Crippen LogP contribution in [-0.2, 0) is 0 Å². The third-order valence-corrected chi connectivity index (χ3v) is 4.54. The first-order valence-electron chi connectivity index (χ1n) is 7.84. The first kappa shape index (κ1) is 13.9. The van der Waals surface area contributed by atoms with Crippen molar-refractivity contribution in [1.82, 2.24) is 4.98 Å². The molecule has 0 saturated carbocycles. The fraction of sp³-hybridized carbons (Fsp3) is 0.211. The molecule has 0 spiro atoms. The largest absolute Gasteiger partial charge is 0.371 e. The van der Waals surface area contributed by atoms with Crippen molar-refractivity contribution in [3.8, 4) is 0 Å². The molecule has 1 N–H and O–H groups in total. The molecule has 23 heavy (non-hydrogen) atoms. The fourth-order valence-electron chi connectivity index (χ4n) is 3.22. The van der Waals surface area contributed by atoms with Gasteiger partial charge in [0.15, 0.2) is 0 Å². The second-order valence-corrected chi connectivity index (χ2v) is 6.15. The number of H-pyrrole nitrogens is 1. The summed E-state index contributed by atoms with van der Waals surface area (Å²) in [6.07, 6.45) is 1.90. The summed E-state index contributed by atoms with van der Waals surface area (Å²) in [5.41, 5.74) is 5.05. The summed E-state index contributed by atoms with van der Waals surface area (Å²) in [7, 11) is 2.07. The molecular weight excluding hydrogens is 286 g/mol. The maximum atomic E-state index is 13.0. The standard InChI is InChI=1S/C19H19N3O/c1-13-3-6-17-18(11-13)22(10-9-21(17)2)19(23)15-4-5-16-14(12-15)7-8-20-16/h3-8,11-12,20H,9-10H2,1-2H3. The van der Waals surface area contributed by atoms with Gasteiger partial charge >= 0.3 is 0 Å². The summed E-state index contributed by atoms with van der Waals surface area (Å²) in [5.74, 6) is 0.0630. The smallest absolute Gasteiger partial charge is 0.258 e. The van der Waals surface area contributed by atoms with Crippen LogP contribution in [-0.4, -0.2) is 31.0 Å². The van der Waals surface area contributed by atoms with Crippen LogP contribution in [0.5, 0.6) is 0 Å². The average Bonchev–Trinajstić information content (AvgIpc) is 3.02. The first-order valence-corrected chi connectivity index (χ1v) is 7.84. The molecule has 116 valence electrons. The molecule has 1 aliphatic rings. The van der Waals surface area contributed by atoms with Gasteiger partial charge in [0, 0.05) is 42.8 Å². The van der Waals surface area contributed by atoms with E-state index >= 15 is 0 Å². The van der Waals surface area contributed by atoms with Gasteiger partial charge in [-0.05, 0) is 48.9 Å². The molecule has 0 atom stereocenters. The Bertz CT molecular complexity index is 897. The van der Waals surface area contributed by atoms with Crippen LogP contribution in [0.25, 0.3) is 10.9 Å². The zero-order chi connectivity index (χ0) is 16.0. The normalized spacial score (nSPS) is 14.2. The summed E-state index contributed by atoms with van der Waals surface area (Å²) < 4.78 is 0. The van der Waals surface area contributed by atoms with Crippen molar-refractivity contribution in [3.63, 3.8) is 0 Å². The predicted molar refractivity (Wildman–Crippen MR) is 94.4 cm³/mol. The maximum Gasteiger partial charge on any atom is 0.258 e. The van der Waals surface area contributed by atoms with Crippen molar-refractivity contribution in [2.75, 3.05) is 29.9 Å². The molecule has 4 nitrogen and oxygen atoms in total. The summed E-state index contributed by atoms with van der Waals surface area (Å²) in [4.78, 5) is 20.3. The Hall–Kier alpha value is -2.75. The molecule has 1 aromatic heterocycles. The number of carbonyl (C=O) groups is 1. The van der Waals surface area contributed by atoms with Crippen LogP contribution in [0.3, 0.4) is 0 Å². The lowest BCUT2D eigenvalue weighted by molar-refractivity contribution is 0.0987. The van der Waals surface area contributed by atoms with Gasteiger partial charge in [-0.1, -0.05) is 6.07 Å². The average molecular weight is 305 g/mol. The van der Waals surface area contributed by atoms with Gasteiger partial charge in [-0.15, -0.1) is 0 Å². The number of nitrogens with one attached hydrogen (secondary N) is 1. The number of fused-ring (bicyclic) bond motifs is 2. The number of hydrogen-bond acceptors (Lipinski definition) is 2. The fourth-order valence-corrected chi connectivity index (χ4v) is 3.22. The number of nitrogens with zero attached hydrogens (tertiary/aromatic N) is 2. The van der Waals surface area contributed by atoms with Crippen molar-refractivity contribution in [2.24, 2.45) is 0 Å². The van der Waals surface area contributed by atoms with E-state index in [0.717, 1.165) is 39.9 Å². The summed E-state index contributed by atoms with van der Waals surface area (Å²) in [6, 6.07) is 14.1. The van der Waals surface area contributed by atoms with E-state index in [9.17, 15) is 4.79 Å². The molecule has 0 bridgehead atoms. The van der Waals surface area contributed by atoms with E-state index < -0.39 is 0 Å². The lowest BCUT2D eigenvalue weighted by Crippen LogP contribution is -2.42. The number of likely N-dealkylation sites (N-methyl/N-ethyl adjacent to an activating group) is 1. The topological polar surface area (TPSA) is 39.3 Å². The highest BCUT2D eigenvalue weighted by Gasteiger charge is 2.26. The van der Waals surface area contributed by atoms with Gasteiger partial charge in [-0.2, -0.15) is 0 Å². The predicted octanol–water partition coefficient (Wildman–Crippen LogP) is 3.57.